The minimum Gasteiger partial charge on any atom is -0.398 e. The van der Waals surface area contributed by atoms with Crippen molar-refractivity contribution in [2.24, 2.45) is 0 Å². The first kappa shape index (κ1) is 18.5. The lowest BCUT2D eigenvalue weighted by Crippen LogP contribution is -2.30. The molecule has 0 radical (unpaired) electrons. The predicted molar refractivity (Wildman–Crippen MR) is 97.2 cm³/mol. The number of nitrogens with two attached hydrogens (primary N) is 1. The van der Waals surface area contributed by atoms with Crippen LogP contribution in [0.1, 0.15) is 0 Å². The van der Waals surface area contributed by atoms with Crippen LogP contribution in [0.25, 0.3) is 11.1 Å². The van der Waals surface area contributed by atoms with Crippen molar-refractivity contribution in [1.29, 1.82) is 0 Å². The van der Waals surface area contributed by atoms with Crippen LogP contribution >= 0.6 is 11.6 Å². The second-order valence-corrected chi connectivity index (χ2v) is 5.78. The van der Waals surface area contributed by atoms with Gasteiger partial charge in [-0.15, -0.1) is 0 Å². The first-order chi connectivity index (χ1) is 11.6. The number of methoxy groups -OCH3 is 2. The zero-order valence-electron chi connectivity index (χ0n) is 13.9. The fraction of sp³-hybridized carbons (Fsp3) is 0.333. The molecule has 0 heterocycles. The number of rotatable bonds is 8. The van der Waals surface area contributed by atoms with Gasteiger partial charge in [0.15, 0.2) is 0 Å². The number of anilines is 2. The van der Waals surface area contributed by atoms with Crippen LogP contribution in [0, 0.1) is 5.82 Å². The molecule has 0 amide bonds. The Balaban J connectivity index is 2.35. The number of halogens is 2. The average Bonchev–Trinajstić information content (AvgIpc) is 2.58. The lowest BCUT2D eigenvalue weighted by Gasteiger charge is -2.25. The highest BCUT2D eigenvalue weighted by atomic mass is 35.5. The zero-order chi connectivity index (χ0) is 17.5. The molecule has 0 saturated carbocycles. The minimum atomic E-state index is -0.447. The molecule has 2 rings (SSSR count). The molecule has 0 fully saturated rings. The number of hydrogen-bond donors (Lipinski definition) is 1. The maximum atomic E-state index is 13.4. The van der Waals surface area contributed by atoms with Crippen molar-refractivity contribution in [3.63, 3.8) is 0 Å². The lowest BCUT2D eigenvalue weighted by atomic mass is 10.0. The van der Waals surface area contributed by atoms with E-state index in [0.717, 1.165) is 29.9 Å². The predicted octanol–water partition coefficient (Wildman–Crippen LogP) is 3.83. The Morgan fingerprint density at radius 1 is 1.04 bits per heavy atom. The first-order valence-corrected chi connectivity index (χ1v) is 8.02. The van der Waals surface area contributed by atoms with Gasteiger partial charge in [-0.1, -0.05) is 17.7 Å². The highest BCUT2D eigenvalue weighted by Gasteiger charge is 2.11. The molecule has 130 valence electrons. The summed E-state index contributed by atoms with van der Waals surface area (Å²) in [4.78, 5) is 2.15. The van der Waals surface area contributed by atoms with E-state index in [4.69, 9.17) is 26.8 Å². The number of nitrogen functional groups attached to an aromatic ring is 1. The van der Waals surface area contributed by atoms with Crippen molar-refractivity contribution in [2.45, 2.75) is 0 Å². The molecule has 2 N–H and O–H groups in total. The molecule has 0 atom stereocenters. The van der Waals surface area contributed by atoms with E-state index in [1.54, 1.807) is 26.4 Å². The van der Waals surface area contributed by atoms with Gasteiger partial charge in [-0.3, -0.25) is 0 Å². The highest BCUT2D eigenvalue weighted by Crippen LogP contribution is 2.32. The third-order valence-electron chi connectivity index (χ3n) is 3.76. The summed E-state index contributed by atoms with van der Waals surface area (Å²) in [5, 5.41) is 0.0768. The van der Waals surface area contributed by atoms with Gasteiger partial charge in [0.1, 0.15) is 5.82 Å². The van der Waals surface area contributed by atoms with Gasteiger partial charge < -0.3 is 20.1 Å². The maximum Gasteiger partial charge on any atom is 0.141 e. The smallest absolute Gasteiger partial charge is 0.141 e. The summed E-state index contributed by atoms with van der Waals surface area (Å²) in [6, 6.07) is 10.4. The monoisotopic (exact) mass is 352 g/mol. The molecule has 0 bridgehead atoms. The van der Waals surface area contributed by atoms with Crippen LogP contribution in [0.3, 0.4) is 0 Å². The molecule has 4 nitrogen and oxygen atoms in total. The van der Waals surface area contributed by atoms with Crippen LogP contribution in [0.4, 0.5) is 15.8 Å². The van der Waals surface area contributed by atoms with Gasteiger partial charge in [0.2, 0.25) is 0 Å². The van der Waals surface area contributed by atoms with Crippen molar-refractivity contribution in [3.8, 4) is 11.1 Å². The van der Waals surface area contributed by atoms with Crippen molar-refractivity contribution < 1.29 is 13.9 Å². The van der Waals surface area contributed by atoms with Crippen LogP contribution in [0.5, 0.6) is 0 Å². The molecule has 0 aliphatic rings. The molecule has 0 aromatic heterocycles. The Morgan fingerprint density at radius 3 is 2.29 bits per heavy atom. The van der Waals surface area contributed by atoms with Gasteiger partial charge in [0, 0.05) is 44.2 Å². The molecule has 0 aliphatic carbocycles. The van der Waals surface area contributed by atoms with Crippen molar-refractivity contribution in [3.05, 3.63) is 47.2 Å². The zero-order valence-corrected chi connectivity index (χ0v) is 14.6. The number of hydrogen-bond acceptors (Lipinski definition) is 4. The highest BCUT2D eigenvalue weighted by molar-refractivity contribution is 6.31. The second-order valence-electron chi connectivity index (χ2n) is 5.37. The maximum absolute atomic E-state index is 13.4. The average molecular weight is 353 g/mol. The van der Waals surface area contributed by atoms with E-state index in [1.807, 2.05) is 18.2 Å². The molecular weight excluding hydrogens is 331 g/mol. The Bertz CT molecular complexity index is 674. The molecule has 6 heteroatoms. The van der Waals surface area contributed by atoms with Gasteiger partial charge in [-0.25, -0.2) is 4.39 Å². The van der Waals surface area contributed by atoms with Gasteiger partial charge in [-0.2, -0.15) is 0 Å². The number of benzene rings is 2. The van der Waals surface area contributed by atoms with E-state index in [2.05, 4.69) is 4.90 Å². The van der Waals surface area contributed by atoms with Crippen molar-refractivity contribution in [1.82, 2.24) is 0 Å². The van der Waals surface area contributed by atoms with Gasteiger partial charge in [0.25, 0.3) is 0 Å². The SMILES string of the molecule is COCCN(CCOC)c1ccc(N)c(-c2ccc(F)c(Cl)c2)c1. The summed E-state index contributed by atoms with van der Waals surface area (Å²) in [7, 11) is 3.34. The van der Waals surface area contributed by atoms with Gasteiger partial charge in [-0.05, 0) is 35.9 Å². The van der Waals surface area contributed by atoms with Crippen LogP contribution in [-0.2, 0) is 9.47 Å². The first-order valence-electron chi connectivity index (χ1n) is 7.64. The summed E-state index contributed by atoms with van der Waals surface area (Å²) >= 11 is 5.90. The Morgan fingerprint density at radius 2 is 1.71 bits per heavy atom. The van der Waals surface area contributed by atoms with Gasteiger partial charge in [0.05, 0.1) is 18.2 Å². The van der Waals surface area contributed by atoms with Crippen LogP contribution in [0.15, 0.2) is 36.4 Å². The van der Waals surface area contributed by atoms with Crippen LogP contribution in [-0.4, -0.2) is 40.5 Å². The summed E-state index contributed by atoms with van der Waals surface area (Å²) in [6.45, 7) is 2.67. The van der Waals surface area contributed by atoms with Crippen LogP contribution in [0.2, 0.25) is 5.02 Å². The third-order valence-corrected chi connectivity index (χ3v) is 4.05. The Hall–Kier alpha value is -1.82. The van der Waals surface area contributed by atoms with E-state index in [9.17, 15) is 4.39 Å². The molecule has 0 unspecified atom stereocenters. The standard InChI is InChI=1S/C18H22ClFN2O2/c1-23-9-7-22(8-10-24-2)14-4-6-18(21)15(12-14)13-3-5-17(20)16(19)11-13/h3-6,11-12H,7-10,21H2,1-2H3. The molecule has 2 aromatic rings. The molecule has 0 saturated heterocycles. The summed E-state index contributed by atoms with van der Waals surface area (Å²) in [6.07, 6.45) is 0. The Kier molecular flexibility index (Phi) is 6.85. The third kappa shape index (κ3) is 4.60. The van der Waals surface area contributed by atoms with Gasteiger partial charge >= 0.3 is 0 Å². The van der Waals surface area contributed by atoms with E-state index >= 15 is 0 Å². The van der Waals surface area contributed by atoms with E-state index < -0.39 is 5.82 Å². The number of ether oxygens (including phenoxy) is 2. The quantitative estimate of drug-likeness (QED) is 0.733. The summed E-state index contributed by atoms with van der Waals surface area (Å²) in [5.41, 5.74) is 9.30. The molecule has 0 aliphatic heterocycles. The lowest BCUT2D eigenvalue weighted by molar-refractivity contribution is 0.190. The minimum absolute atomic E-state index is 0.0768. The summed E-state index contributed by atoms with van der Waals surface area (Å²) in [5.74, 6) is -0.447. The molecular formula is C18H22ClFN2O2. The molecule has 0 spiro atoms. The molecule has 2 aromatic carbocycles. The Labute approximate surface area is 146 Å². The fourth-order valence-electron chi connectivity index (χ4n) is 2.43. The van der Waals surface area contributed by atoms with Crippen molar-refractivity contribution >= 4 is 23.0 Å². The molecule has 24 heavy (non-hydrogen) atoms. The van der Waals surface area contributed by atoms with E-state index in [0.29, 0.717) is 18.9 Å². The summed E-state index contributed by atoms with van der Waals surface area (Å²) < 4.78 is 23.8. The second kappa shape index (κ2) is 8.87. The largest absolute Gasteiger partial charge is 0.398 e. The normalized spacial score (nSPS) is 10.8. The van der Waals surface area contributed by atoms with Crippen LogP contribution < -0.4 is 10.6 Å². The van der Waals surface area contributed by atoms with E-state index in [1.165, 1.54) is 6.07 Å². The fourth-order valence-corrected chi connectivity index (χ4v) is 2.61. The van der Waals surface area contributed by atoms with E-state index in [-0.39, 0.29) is 5.02 Å². The van der Waals surface area contributed by atoms with Crippen molar-refractivity contribution in [2.75, 3.05) is 51.2 Å². The number of nitrogens with zero attached hydrogens (tertiary/aromatic N) is 1. The topological polar surface area (TPSA) is 47.7 Å².